The van der Waals surface area contributed by atoms with Crippen molar-refractivity contribution in [3.8, 4) is 0 Å². The third-order valence-corrected chi connectivity index (χ3v) is 3.15. The molecule has 0 amide bonds. The van der Waals surface area contributed by atoms with Gasteiger partial charge in [0.2, 0.25) is 5.95 Å². The van der Waals surface area contributed by atoms with Crippen LogP contribution in [0.25, 0.3) is 11.2 Å². The maximum atomic E-state index is 11.6. The van der Waals surface area contributed by atoms with E-state index >= 15 is 0 Å². The number of hydrogen-bond acceptors (Lipinski definition) is 7. The SMILES string of the molecule is Nc1nc2c(ncn2[C@H]2C[C@H](O)[C@H](CO)O2)c(=O)[nH]1. The molecule has 102 valence electrons. The summed E-state index contributed by atoms with van der Waals surface area (Å²) < 4.78 is 7.01. The quantitative estimate of drug-likeness (QED) is 0.510. The monoisotopic (exact) mass is 267 g/mol. The zero-order chi connectivity index (χ0) is 13.6. The summed E-state index contributed by atoms with van der Waals surface area (Å²) in [5, 5.41) is 18.8. The van der Waals surface area contributed by atoms with E-state index in [-0.39, 0.29) is 30.1 Å². The molecule has 0 radical (unpaired) electrons. The van der Waals surface area contributed by atoms with Gasteiger partial charge in [-0.1, -0.05) is 0 Å². The molecule has 0 unspecified atom stereocenters. The van der Waals surface area contributed by atoms with Crippen LogP contribution >= 0.6 is 0 Å². The minimum Gasteiger partial charge on any atom is -0.394 e. The number of nitrogen functional groups attached to an aromatic ring is 1. The van der Waals surface area contributed by atoms with Crippen LogP contribution < -0.4 is 11.3 Å². The van der Waals surface area contributed by atoms with E-state index in [1.165, 1.54) is 10.9 Å². The molecule has 0 bridgehead atoms. The Morgan fingerprint density at radius 1 is 1.63 bits per heavy atom. The van der Waals surface area contributed by atoms with E-state index in [0.29, 0.717) is 0 Å². The summed E-state index contributed by atoms with van der Waals surface area (Å²) in [5.74, 6) is -0.0171. The van der Waals surface area contributed by atoms with E-state index in [9.17, 15) is 9.90 Å². The number of hydrogen-bond donors (Lipinski definition) is 4. The first-order valence-corrected chi connectivity index (χ1v) is 5.77. The van der Waals surface area contributed by atoms with Crippen molar-refractivity contribution < 1.29 is 14.9 Å². The molecular formula is C10H13N5O4. The molecule has 0 saturated carbocycles. The van der Waals surface area contributed by atoms with Gasteiger partial charge in [0.15, 0.2) is 11.2 Å². The fourth-order valence-corrected chi connectivity index (χ4v) is 2.20. The largest absolute Gasteiger partial charge is 0.394 e. The standard InChI is InChI=1S/C10H13N5O4/c11-10-13-8-7(9(18)14-10)12-3-15(8)6-1-4(17)5(2-16)19-6/h3-6,16-17H,1-2H2,(H3,11,13,14,18)/t4-,5-,6+/m0/s1. The Kier molecular flexibility index (Phi) is 2.73. The molecule has 3 heterocycles. The van der Waals surface area contributed by atoms with Crippen LogP contribution in [-0.4, -0.2) is 48.5 Å². The second kappa shape index (κ2) is 4.30. The Bertz CT molecular complexity index is 665. The highest BCUT2D eigenvalue weighted by Gasteiger charge is 2.35. The molecule has 5 N–H and O–H groups in total. The van der Waals surface area contributed by atoms with Gasteiger partial charge in [-0.15, -0.1) is 0 Å². The number of H-pyrrole nitrogens is 1. The molecule has 1 aliphatic rings. The van der Waals surface area contributed by atoms with Gasteiger partial charge in [0.1, 0.15) is 12.3 Å². The van der Waals surface area contributed by atoms with Gasteiger partial charge in [0.05, 0.1) is 19.0 Å². The van der Waals surface area contributed by atoms with Crippen molar-refractivity contribution in [3.63, 3.8) is 0 Å². The second-order valence-corrected chi connectivity index (χ2v) is 4.39. The number of nitrogens with zero attached hydrogens (tertiary/aromatic N) is 3. The minimum absolute atomic E-state index is 0.0171. The van der Waals surface area contributed by atoms with Crippen molar-refractivity contribution in [3.05, 3.63) is 16.7 Å². The molecule has 1 saturated heterocycles. The van der Waals surface area contributed by atoms with E-state index in [2.05, 4.69) is 15.0 Å². The lowest BCUT2D eigenvalue weighted by Crippen LogP contribution is -2.24. The average Bonchev–Trinajstić information content (AvgIpc) is 2.92. The van der Waals surface area contributed by atoms with Crippen LogP contribution in [0.4, 0.5) is 5.95 Å². The summed E-state index contributed by atoms with van der Waals surface area (Å²) in [6.45, 7) is -0.277. The molecule has 3 atom stereocenters. The van der Waals surface area contributed by atoms with Crippen molar-refractivity contribution in [2.75, 3.05) is 12.3 Å². The van der Waals surface area contributed by atoms with Crippen LogP contribution in [0.15, 0.2) is 11.1 Å². The van der Waals surface area contributed by atoms with Gasteiger partial charge in [-0.3, -0.25) is 14.3 Å². The van der Waals surface area contributed by atoms with Crippen LogP contribution in [0.1, 0.15) is 12.6 Å². The first-order chi connectivity index (χ1) is 9.10. The number of rotatable bonds is 2. The van der Waals surface area contributed by atoms with E-state index in [1.807, 2.05) is 0 Å². The van der Waals surface area contributed by atoms with Gasteiger partial charge in [0, 0.05) is 6.42 Å². The van der Waals surface area contributed by atoms with Gasteiger partial charge in [-0.25, -0.2) is 4.98 Å². The first-order valence-electron chi connectivity index (χ1n) is 5.77. The van der Waals surface area contributed by atoms with Crippen LogP contribution in [0.2, 0.25) is 0 Å². The Morgan fingerprint density at radius 3 is 3.11 bits per heavy atom. The maximum Gasteiger partial charge on any atom is 0.280 e. The van der Waals surface area contributed by atoms with Crippen molar-refractivity contribution in [1.82, 2.24) is 19.5 Å². The lowest BCUT2D eigenvalue weighted by molar-refractivity contribution is -0.0432. The lowest BCUT2D eigenvalue weighted by Gasteiger charge is -2.13. The predicted octanol–water partition coefficient (Wildman–Crippen LogP) is -1.66. The maximum absolute atomic E-state index is 11.6. The number of imidazole rings is 1. The molecule has 9 nitrogen and oxygen atoms in total. The van der Waals surface area contributed by atoms with Gasteiger partial charge in [0.25, 0.3) is 5.56 Å². The summed E-state index contributed by atoms with van der Waals surface area (Å²) in [7, 11) is 0. The normalized spacial score (nSPS) is 27.2. The summed E-state index contributed by atoms with van der Waals surface area (Å²) >= 11 is 0. The Morgan fingerprint density at radius 2 is 2.42 bits per heavy atom. The van der Waals surface area contributed by atoms with Gasteiger partial charge < -0.3 is 20.7 Å². The van der Waals surface area contributed by atoms with Gasteiger partial charge >= 0.3 is 0 Å². The lowest BCUT2D eigenvalue weighted by atomic mass is 10.2. The zero-order valence-corrected chi connectivity index (χ0v) is 9.85. The topological polar surface area (TPSA) is 139 Å². The molecule has 19 heavy (non-hydrogen) atoms. The fourth-order valence-electron chi connectivity index (χ4n) is 2.20. The smallest absolute Gasteiger partial charge is 0.280 e. The molecule has 3 rings (SSSR count). The minimum atomic E-state index is -0.771. The molecule has 0 spiro atoms. The van der Waals surface area contributed by atoms with Crippen LogP contribution in [-0.2, 0) is 4.74 Å². The van der Waals surface area contributed by atoms with Crippen molar-refractivity contribution in [1.29, 1.82) is 0 Å². The molecule has 1 aliphatic heterocycles. The molecule has 0 aromatic carbocycles. The molecule has 9 heteroatoms. The number of nitrogens with two attached hydrogens (primary N) is 1. The summed E-state index contributed by atoms with van der Waals surface area (Å²) in [6.07, 6.45) is -0.270. The number of aliphatic hydroxyl groups is 2. The van der Waals surface area contributed by atoms with E-state index in [1.54, 1.807) is 0 Å². The second-order valence-electron chi connectivity index (χ2n) is 4.39. The number of aliphatic hydroxyl groups excluding tert-OH is 2. The Balaban J connectivity index is 2.05. The average molecular weight is 267 g/mol. The third-order valence-electron chi connectivity index (χ3n) is 3.15. The van der Waals surface area contributed by atoms with E-state index in [4.69, 9.17) is 15.6 Å². The number of fused-ring (bicyclic) bond motifs is 1. The first kappa shape index (κ1) is 12.1. The molecule has 2 aromatic heterocycles. The summed E-state index contributed by atoms with van der Waals surface area (Å²) in [4.78, 5) is 22.0. The highest BCUT2D eigenvalue weighted by Crippen LogP contribution is 2.30. The van der Waals surface area contributed by atoms with Crippen molar-refractivity contribution in [2.45, 2.75) is 24.9 Å². The molecule has 1 fully saturated rings. The Hall–Kier alpha value is -1.97. The highest BCUT2D eigenvalue weighted by molar-refractivity contribution is 5.70. The van der Waals surface area contributed by atoms with Crippen molar-refractivity contribution in [2.24, 2.45) is 0 Å². The molecule has 2 aromatic rings. The zero-order valence-electron chi connectivity index (χ0n) is 9.85. The summed E-state index contributed by atoms with van der Waals surface area (Å²) in [6, 6.07) is 0. The van der Waals surface area contributed by atoms with E-state index in [0.717, 1.165) is 0 Å². The Labute approximate surface area is 106 Å². The third kappa shape index (κ3) is 1.87. The number of anilines is 1. The van der Waals surface area contributed by atoms with Crippen molar-refractivity contribution >= 4 is 17.1 Å². The molecular weight excluding hydrogens is 254 g/mol. The number of aromatic amines is 1. The number of aromatic nitrogens is 4. The molecule has 0 aliphatic carbocycles. The predicted molar refractivity (Wildman–Crippen MR) is 64.2 cm³/mol. The van der Waals surface area contributed by atoms with Gasteiger partial charge in [-0.05, 0) is 0 Å². The van der Waals surface area contributed by atoms with Gasteiger partial charge in [-0.2, -0.15) is 4.98 Å². The van der Waals surface area contributed by atoms with E-state index < -0.39 is 24.0 Å². The van der Waals surface area contributed by atoms with Crippen LogP contribution in [0.5, 0.6) is 0 Å². The highest BCUT2D eigenvalue weighted by atomic mass is 16.5. The van der Waals surface area contributed by atoms with Crippen LogP contribution in [0.3, 0.4) is 0 Å². The van der Waals surface area contributed by atoms with Crippen LogP contribution in [0, 0.1) is 0 Å². The number of nitrogens with one attached hydrogen (secondary N) is 1. The number of ether oxygens (including phenoxy) is 1. The summed E-state index contributed by atoms with van der Waals surface area (Å²) in [5.41, 5.74) is 5.50. The fraction of sp³-hybridized carbons (Fsp3) is 0.500.